The average molecular weight is 587 g/mol. The van der Waals surface area contributed by atoms with Gasteiger partial charge < -0.3 is 29.0 Å². The van der Waals surface area contributed by atoms with Gasteiger partial charge in [-0.3, -0.25) is 14.5 Å². The number of aliphatic hydroxyl groups excluding tert-OH is 1. The van der Waals surface area contributed by atoms with Gasteiger partial charge in [-0.1, -0.05) is 55.5 Å². The van der Waals surface area contributed by atoms with E-state index in [0.29, 0.717) is 67.9 Å². The third-order valence-electron chi connectivity index (χ3n) is 7.62. The highest BCUT2D eigenvalue weighted by Crippen LogP contribution is 2.42. The number of likely N-dealkylation sites (tertiary alicyclic amines) is 1. The van der Waals surface area contributed by atoms with Crippen LogP contribution in [0.4, 0.5) is 0 Å². The normalized spacial score (nSPS) is 18.6. The van der Waals surface area contributed by atoms with E-state index in [1.807, 2.05) is 43.3 Å². The Morgan fingerprint density at radius 2 is 1.72 bits per heavy atom. The molecular formula is C34H38N2O7. The Balaban J connectivity index is 1.51. The zero-order valence-corrected chi connectivity index (χ0v) is 24.7. The summed E-state index contributed by atoms with van der Waals surface area (Å²) in [5.41, 5.74) is 2.07. The van der Waals surface area contributed by atoms with Crippen LogP contribution in [0.3, 0.4) is 0 Å². The average Bonchev–Trinajstić information content (AvgIpc) is 3.31. The number of methoxy groups -OCH3 is 1. The Morgan fingerprint density at radius 1 is 0.930 bits per heavy atom. The number of carbonyl (C=O) groups is 2. The van der Waals surface area contributed by atoms with Gasteiger partial charge in [0.05, 0.1) is 38.5 Å². The molecule has 0 aromatic heterocycles. The van der Waals surface area contributed by atoms with Crippen molar-refractivity contribution in [2.45, 2.75) is 26.0 Å². The molecule has 0 spiro atoms. The second kappa shape index (κ2) is 14.2. The van der Waals surface area contributed by atoms with Crippen molar-refractivity contribution in [2.75, 3.05) is 53.1 Å². The lowest BCUT2D eigenvalue weighted by atomic mass is 9.95. The summed E-state index contributed by atoms with van der Waals surface area (Å²) in [6.07, 6.45) is 0.831. The molecule has 2 saturated heterocycles. The topological polar surface area (TPSA) is 97.8 Å². The number of amides is 1. The number of benzene rings is 3. The van der Waals surface area contributed by atoms with Crippen molar-refractivity contribution in [3.8, 4) is 17.2 Å². The Hall–Kier alpha value is -4.34. The van der Waals surface area contributed by atoms with Crippen molar-refractivity contribution in [2.24, 2.45) is 0 Å². The van der Waals surface area contributed by atoms with Crippen molar-refractivity contribution >= 4 is 17.4 Å². The van der Waals surface area contributed by atoms with Gasteiger partial charge in [-0.15, -0.1) is 0 Å². The molecule has 2 fully saturated rings. The second-order valence-corrected chi connectivity index (χ2v) is 10.5. The molecule has 1 unspecified atom stereocenters. The first kappa shape index (κ1) is 30.1. The summed E-state index contributed by atoms with van der Waals surface area (Å²) in [4.78, 5) is 30.8. The summed E-state index contributed by atoms with van der Waals surface area (Å²) in [5.74, 6) is -0.0641. The number of ether oxygens (including phenoxy) is 4. The molecule has 2 aliphatic rings. The molecule has 9 nitrogen and oxygen atoms in total. The van der Waals surface area contributed by atoms with Crippen molar-refractivity contribution in [3.05, 3.63) is 95.1 Å². The standard InChI is InChI=1S/C34H38N2O7/c1-3-18-42-27-11-7-10-26(21-27)32(37)30-31(36(34(39)33(30)38)15-14-35-16-19-41-20-17-35)25-12-13-28(29(22-25)40-2)43-23-24-8-5-4-6-9-24/h4-13,21-22,31,37H,3,14-20,23H2,1-2H3/b32-30+. The van der Waals surface area contributed by atoms with E-state index < -0.39 is 17.7 Å². The minimum absolute atomic E-state index is 0.0274. The molecule has 0 aliphatic carbocycles. The lowest BCUT2D eigenvalue weighted by Gasteiger charge is -2.31. The summed E-state index contributed by atoms with van der Waals surface area (Å²) >= 11 is 0. The van der Waals surface area contributed by atoms with Crippen molar-refractivity contribution in [1.82, 2.24) is 9.80 Å². The quantitative estimate of drug-likeness (QED) is 0.183. The minimum Gasteiger partial charge on any atom is -0.507 e. The van der Waals surface area contributed by atoms with E-state index >= 15 is 0 Å². The van der Waals surface area contributed by atoms with Crippen LogP contribution in [0.5, 0.6) is 17.2 Å². The minimum atomic E-state index is -0.821. The third kappa shape index (κ3) is 7.01. The summed E-state index contributed by atoms with van der Waals surface area (Å²) < 4.78 is 22.9. The summed E-state index contributed by atoms with van der Waals surface area (Å²) in [5, 5.41) is 11.6. The predicted molar refractivity (Wildman–Crippen MR) is 162 cm³/mol. The molecule has 226 valence electrons. The smallest absolute Gasteiger partial charge is 0.295 e. The largest absolute Gasteiger partial charge is 0.507 e. The number of morpholine rings is 1. The van der Waals surface area contributed by atoms with E-state index in [1.165, 1.54) is 0 Å². The maximum absolute atomic E-state index is 13.6. The molecule has 3 aromatic carbocycles. The maximum atomic E-state index is 13.6. The van der Waals surface area contributed by atoms with E-state index in [9.17, 15) is 14.7 Å². The Labute approximate surface area is 252 Å². The van der Waals surface area contributed by atoms with Crippen LogP contribution in [-0.4, -0.2) is 79.7 Å². The number of carbonyl (C=O) groups excluding carboxylic acids is 2. The first-order valence-corrected chi connectivity index (χ1v) is 14.7. The monoisotopic (exact) mass is 586 g/mol. The zero-order chi connectivity index (χ0) is 30.2. The highest BCUT2D eigenvalue weighted by molar-refractivity contribution is 6.46. The Morgan fingerprint density at radius 3 is 2.47 bits per heavy atom. The van der Waals surface area contributed by atoms with Gasteiger partial charge in [0, 0.05) is 31.7 Å². The lowest BCUT2D eigenvalue weighted by molar-refractivity contribution is -0.140. The highest BCUT2D eigenvalue weighted by atomic mass is 16.5. The lowest BCUT2D eigenvalue weighted by Crippen LogP contribution is -2.42. The summed E-state index contributed by atoms with van der Waals surface area (Å²) in [7, 11) is 1.55. The molecule has 1 N–H and O–H groups in total. The molecule has 3 aromatic rings. The van der Waals surface area contributed by atoms with Crippen LogP contribution in [0.15, 0.2) is 78.4 Å². The van der Waals surface area contributed by atoms with E-state index in [-0.39, 0.29) is 11.3 Å². The van der Waals surface area contributed by atoms with Gasteiger partial charge in [-0.2, -0.15) is 0 Å². The van der Waals surface area contributed by atoms with Gasteiger partial charge in [0.25, 0.3) is 11.7 Å². The molecular weight excluding hydrogens is 548 g/mol. The van der Waals surface area contributed by atoms with Crippen LogP contribution >= 0.6 is 0 Å². The molecule has 1 atom stereocenters. The fraction of sp³-hybridized carbons (Fsp3) is 0.353. The molecule has 1 amide bonds. The number of hydrogen-bond donors (Lipinski definition) is 1. The van der Waals surface area contributed by atoms with Gasteiger partial charge in [-0.05, 0) is 41.8 Å². The van der Waals surface area contributed by atoms with Crippen LogP contribution in [-0.2, 0) is 20.9 Å². The number of Topliss-reactive ketones (excluding diaryl/α,β-unsaturated/α-hetero) is 1. The summed E-state index contributed by atoms with van der Waals surface area (Å²) in [6.45, 7) is 6.51. The zero-order valence-electron chi connectivity index (χ0n) is 24.7. The highest BCUT2D eigenvalue weighted by Gasteiger charge is 2.46. The van der Waals surface area contributed by atoms with Crippen LogP contribution in [0, 0.1) is 0 Å². The molecule has 2 aliphatic heterocycles. The van der Waals surface area contributed by atoms with Crippen LogP contribution in [0.1, 0.15) is 36.1 Å². The van der Waals surface area contributed by atoms with Crippen LogP contribution in [0.25, 0.3) is 5.76 Å². The fourth-order valence-electron chi connectivity index (χ4n) is 5.35. The first-order valence-electron chi connectivity index (χ1n) is 14.7. The molecule has 9 heteroatoms. The number of ketones is 1. The molecule has 2 heterocycles. The second-order valence-electron chi connectivity index (χ2n) is 10.5. The van der Waals surface area contributed by atoms with Gasteiger partial charge in [-0.25, -0.2) is 0 Å². The molecule has 0 radical (unpaired) electrons. The van der Waals surface area contributed by atoms with Gasteiger partial charge in [0.15, 0.2) is 11.5 Å². The SMILES string of the molecule is CCCOc1cccc(/C(O)=C2\C(=O)C(=O)N(CCN3CCOCC3)C2c2ccc(OCc3ccccc3)c(OC)c2)c1. The number of hydrogen-bond acceptors (Lipinski definition) is 8. The first-order chi connectivity index (χ1) is 21.0. The van der Waals surface area contributed by atoms with Crippen molar-refractivity contribution < 1.29 is 33.6 Å². The van der Waals surface area contributed by atoms with Gasteiger partial charge in [0.2, 0.25) is 0 Å². The van der Waals surface area contributed by atoms with Crippen molar-refractivity contribution in [3.63, 3.8) is 0 Å². The number of rotatable bonds is 12. The van der Waals surface area contributed by atoms with E-state index in [0.717, 1.165) is 25.1 Å². The maximum Gasteiger partial charge on any atom is 0.295 e. The third-order valence-corrected chi connectivity index (χ3v) is 7.62. The van der Waals surface area contributed by atoms with Crippen LogP contribution in [0.2, 0.25) is 0 Å². The Kier molecular flexibility index (Phi) is 9.96. The summed E-state index contributed by atoms with van der Waals surface area (Å²) in [6, 6.07) is 21.3. The predicted octanol–water partition coefficient (Wildman–Crippen LogP) is 4.82. The molecule has 0 bridgehead atoms. The molecule has 43 heavy (non-hydrogen) atoms. The van der Waals surface area contributed by atoms with Crippen LogP contribution < -0.4 is 14.2 Å². The molecule has 0 saturated carbocycles. The van der Waals surface area contributed by atoms with E-state index in [1.54, 1.807) is 48.4 Å². The van der Waals surface area contributed by atoms with Crippen molar-refractivity contribution in [1.29, 1.82) is 0 Å². The van der Waals surface area contributed by atoms with E-state index in [2.05, 4.69) is 4.90 Å². The fourth-order valence-corrected chi connectivity index (χ4v) is 5.35. The number of nitrogens with zero attached hydrogens (tertiary/aromatic N) is 2. The van der Waals surface area contributed by atoms with Gasteiger partial charge in [0.1, 0.15) is 18.1 Å². The molecule has 5 rings (SSSR count). The van der Waals surface area contributed by atoms with Gasteiger partial charge >= 0.3 is 0 Å². The van der Waals surface area contributed by atoms with E-state index in [4.69, 9.17) is 18.9 Å². The Bertz CT molecular complexity index is 1450. The number of aliphatic hydroxyl groups is 1.